The summed E-state index contributed by atoms with van der Waals surface area (Å²) in [7, 11) is 6.30. The van der Waals surface area contributed by atoms with Crippen molar-refractivity contribution in [2.45, 2.75) is 0 Å². The number of halogens is 2. The second kappa shape index (κ2) is 9.51. The Balaban J connectivity index is 1.59. The van der Waals surface area contributed by atoms with Crippen LogP contribution in [0.4, 0.5) is 8.63 Å². The molecule has 0 fully saturated rings. The molecule has 42 heavy (non-hydrogen) atoms. The smallest absolute Gasteiger partial charge is 0.497 e. The minimum absolute atomic E-state index is 0.407. The predicted octanol–water partition coefficient (Wildman–Crippen LogP) is 6.94. The van der Waals surface area contributed by atoms with Crippen molar-refractivity contribution in [2.24, 2.45) is 0 Å². The molecule has 5 aromatic rings. The number of ether oxygens (including phenoxy) is 4. The topological polar surface area (TPSA) is 44.9 Å². The highest BCUT2D eigenvalue weighted by Gasteiger charge is 2.56. The number of nitrogens with zero attached hydrogens (tertiary/aromatic N) is 2. The molecule has 210 valence electrons. The highest BCUT2D eigenvalue weighted by atomic mass is 19.2. The van der Waals surface area contributed by atoms with E-state index in [0.717, 1.165) is 0 Å². The van der Waals surface area contributed by atoms with E-state index in [2.05, 4.69) is 0 Å². The summed E-state index contributed by atoms with van der Waals surface area (Å²) in [5.74, 6) is 2.47. The third-order valence-electron chi connectivity index (χ3n) is 8.14. The molecule has 0 N–H and O–H groups in total. The molecule has 2 aliphatic rings. The van der Waals surface area contributed by atoms with Gasteiger partial charge in [0.2, 0.25) is 0 Å². The van der Waals surface area contributed by atoms with Crippen molar-refractivity contribution in [3.63, 3.8) is 0 Å². The molecule has 0 saturated carbocycles. The van der Waals surface area contributed by atoms with Crippen molar-refractivity contribution in [3.8, 4) is 34.3 Å². The molecule has 0 amide bonds. The molecule has 7 rings (SSSR count). The Labute approximate surface area is 241 Å². The molecule has 2 aliphatic heterocycles. The van der Waals surface area contributed by atoms with Gasteiger partial charge in [-0.05, 0) is 90.5 Å². The van der Waals surface area contributed by atoms with E-state index in [1.54, 1.807) is 64.8 Å². The fourth-order valence-electron chi connectivity index (χ4n) is 6.17. The zero-order valence-electron chi connectivity index (χ0n) is 23.5. The summed E-state index contributed by atoms with van der Waals surface area (Å²) in [5, 5.41) is 1.39. The van der Waals surface area contributed by atoms with Crippen LogP contribution in [0.5, 0.6) is 23.0 Å². The third kappa shape index (κ3) is 3.66. The second-order valence-corrected chi connectivity index (χ2v) is 10.2. The maximum atomic E-state index is 17.5. The average Bonchev–Trinajstić information content (AvgIpc) is 3.54. The molecule has 1 aromatic heterocycles. The maximum Gasteiger partial charge on any atom is 0.737 e. The number of fused-ring (bicyclic) bond motifs is 6. The van der Waals surface area contributed by atoms with E-state index in [-0.39, 0.29) is 0 Å². The number of rotatable bonds is 6. The van der Waals surface area contributed by atoms with Gasteiger partial charge in [-0.3, -0.25) is 0 Å². The van der Waals surface area contributed by atoms with Crippen molar-refractivity contribution in [1.29, 1.82) is 0 Å². The normalized spacial score (nSPS) is 14.7. The van der Waals surface area contributed by atoms with Crippen LogP contribution in [-0.4, -0.2) is 50.1 Å². The van der Waals surface area contributed by atoms with Gasteiger partial charge in [0.15, 0.2) is 11.4 Å². The Morgan fingerprint density at radius 3 is 1.76 bits per heavy atom. The molecule has 0 bridgehead atoms. The van der Waals surface area contributed by atoms with Gasteiger partial charge in [-0.15, -0.1) is 0 Å². The van der Waals surface area contributed by atoms with Gasteiger partial charge in [-0.2, -0.15) is 0 Å². The quantitative estimate of drug-likeness (QED) is 0.210. The van der Waals surface area contributed by atoms with Crippen molar-refractivity contribution >= 4 is 35.2 Å². The van der Waals surface area contributed by atoms with Crippen LogP contribution in [-0.2, 0) is 0 Å². The lowest BCUT2D eigenvalue weighted by Crippen LogP contribution is -2.50. The number of methoxy groups -OCH3 is 4. The minimum Gasteiger partial charge on any atom is -0.497 e. The first-order valence-corrected chi connectivity index (χ1v) is 13.5. The summed E-state index contributed by atoms with van der Waals surface area (Å²) in [4.78, 5) is 0. The molecule has 9 heteroatoms. The first kappa shape index (κ1) is 25.9. The lowest BCUT2D eigenvalue weighted by atomic mass is 9.89. The molecule has 0 saturated heterocycles. The number of hydrogen-bond acceptors (Lipinski definition) is 4. The lowest BCUT2D eigenvalue weighted by Gasteiger charge is -2.31. The molecular weight excluding hydrogens is 537 g/mol. The number of aromatic nitrogens is 1. The van der Waals surface area contributed by atoms with Gasteiger partial charge in [-0.1, -0.05) is 0 Å². The van der Waals surface area contributed by atoms with E-state index in [1.807, 2.05) is 54.6 Å². The molecule has 6 nitrogen and oxygen atoms in total. The van der Waals surface area contributed by atoms with Crippen LogP contribution < -0.4 is 18.9 Å². The van der Waals surface area contributed by atoms with Gasteiger partial charge in [0.05, 0.1) is 39.6 Å². The van der Waals surface area contributed by atoms with E-state index >= 15 is 8.63 Å². The summed E-state index contributed by atoms with van der Waals surface area (Å²) < 4.78 is 59.0. The number of hydrogen-bond donors (Lipinski definition) is 0. The summed E-state index contributed by atoms with van der Waals surface area (Å²) in [6.07, 6.45) is 1.86. The van der Waals surface area contributed by atoms with E-state index < -0.39 is 6.97 Å². The molecular formula is C33H27BF2N2O4. The Bertz CT molecular complexity index is 1940. The first-order valence-electron chi connectivity index (χ1n) is 13.5. The van der Waals surface area contributed by atoms with Crippen LogP contribution in [0.1, 0.15) is 22.4 Å². The molecule has 0 unspecified atom stereocenters. The highest BCUT2D eigenvalue weighted by Crippen LogP contribution is 2.47. The summed E-state index contributed by atoms with van der Waals surface area (Å²) >= 11 is 0. The van der Waals surface area contributed by atoms with Crippen molar-refractivity contribution in [2.75, 3.05) is 28.4 Å². The average molecular weight is 564 g/mol. The second-order valence-electron chi connectivity index (χ2n) is 10.2. The van der Waals surface area contributed by atoms with Crippen molar-refractivity contribution < 1.29 is 32.1 Å². The molecule has 0 spiro atoms. The predicted molar refractivity (Wildman–Crippen MR) is 161 cm³/mol. The molecule has 0 atom stereocenters. The van der Waals surface area contributed by atoms with Gasteiger partial charge in [-0.25, -0.2) is 0 Å². The number of benzene rings is 4. The zero-order chi connectivity index (χ0) is 29.2. The van der Waals surface area contributed by atoms with Crippen LogP contribution >= 0.6 is 0 Å². The largest absolute Gasteiger partial charge is 0.737 e. The van der Waals surface area contributed by atoms with Gasteiger partial charge < -0.3 is 36.5 Å². The third-order valence-corrected chi connectivity index (χ3v) is 8.14. The van der Waals surface area contributed by atoms with Crippen molar-refractivity contribution in [1.82, 2.24) is 4.48 Å². The first-order chi connectivity index (χ1) is 20.4. The summed E-state index contributed by atoms with van der Waals surface area (Å²) in [6, 6.07) is 25.3. The molecule has 3 heterocycles. The minimum atomic E-state index is -4.40. The monoisotopic (exact) mass is 564 g/mol. The van der Waals surface area contributed by atoms with Gasteiger partial charge in [0.25, 0.3) is 0 Å². The summed E-state index contributed by atoms with van der Waals surface area (Å²) in [6.45, 7) is -4.40. The van der Waals surface area contributed by atoms with Crippen molar-refractivity contribution in [3.05, 3.63) is 107 Å². The molecule has 0 radical (unpaired) electrons. The Kier molecular flexibility index (Phi) is 5.86. The molecule has 0 aliphatic carbocycles. The lowest BCUT2D eigenvalue weighted by molar-refractivity contribution is -0.316. The zero-order valence-corrected chi connectivity index (χ0v) is 23.5. The van der Waals surface area contributed by atoms with Crippen LogP contribution in [0.2, 0.25) is 0 Å². The fraction of sp³-hybridized carbons (Fsp3) is 0.121. The maximum absolute atomic E-state index is 17.5. The van der Waals surface area contributed by atoms with E-state index in [9.17, 15) is 0 Å². The van der Waals surface area contributed by atoms with Crippen LogP contribution in [0, 0.1) is 0 Å². The van der Waals surface area contributed by atoms with E-state index in [1.165, 1.54) is 8.96 Å². The standard InChI is InChI=1S/C33H27BF2N2O4/c1-39-22-9-5-20(6-10-22)32-28-17-24(41-3)13-15-26(28)30-19-31-27-16-14-25(42-4)18-29(27)33(38(31)34(35,36)37(30)32)21-7-11-23(40-2)12-8-21/h5-19H,1-4H3. The van der Waals surface area contributed by atoms with E-state index in [4.69, 9.17) is 18.9 Å². The van der Waals surface area contributed by atoms with Gasteiger partial charge >= 0.3 is 6.97 Å². The SMILES string of the molecule is COc1ccc(C2=[N+]3C(=Cc4c5ccc(OC)cc5c(-c5ccc(OC)cc5)n4[B-]3(F)F)c3ccc(OC)cc32)cc1. The summed E-state index contributed by atoms with van der Waals surface area (Å²) in [5.41, 5.74) is 4.36. The van der Waals surface area contributed by atoms with Gasteiger partial charge in [0, 0.05) is 33.8 Å². The van der Waals surface area contributed by atoms with Gasteiger partial charge in [0.1, 0.15) is 23.0 Å². The Morgan fingerprint density at radius 2 is 1.14 bits per heavy atom. The van der Waals surface area contributed by atoms with E-state index in [0.29, 0.717) is 78.8 Å². The van der Waals surface area contributed by atoms with Crippen LogP contribution in [0.15, 0.2) is 84.9 Å². The Hall–Kier alpha value is -5.05. The fourth-order valence-corrected chi connectivity index (χ4v) is 6.17. The highest BCUT2D eigenvalue weighted by molar-refractivity contribution is 6.60. The van der Waals surface area contributed by atoms with Crippen LogP contribution in [0.25, 0.3) is 33.8 Å². The molecule has 4 aromatic carbocycles. The Morgan fingerprint density at radius 1 is 0.595 bits per heavy atom. The van der Waals surface area contributed by atoms with Crippen LogP contribution in [0.3, 0.4) is 0 Å².